The second kappa shape index (κ2) is 7.71. The Bertz CT molecular complexity index is 1330. The summed E-state index contributed by atoms with van der Waals surface area (Å²) in [7, 11) is 0. The summed E-state index contributed by atoms with van der Waals surface area (Å²) >= 11 is 0. The number of nitrogens with two attached hydrogens (primary N) is 1. The molecule has 164 valence electrons. The van der Waals surface area contributed by atoms with E-state index < -0.39 is 0 Å². The van der Waals surface area contributed by atoms with Crippen molar-refractivity contribution >= 4 is 11.5 Å². The molecule has 0 spiro atoms. The molecular weight excluding hydrogens is 408 g/mol. The lowest BCUT2D eigenvalue weighted by Crippen LogP contribution is -2.43. The van der Waals surface area contributed by atoms with Crippen LogP contribution in [0, 0.1) is 0 Å². The number of aliphatic imine (C=N–C) groups is 1. The predicted molar refractivity (Wildman–Crippen MR) is 131 cm³/mol. The van der Waals surface area contributed by atoms with Crippen molar-refractivity contribution in [1.29, 1.82) is 0 Å². The van der Waals surface area contributed by atoms with E-state index in [0.29, 0.717) is 0 Å². The molecule has 0 amide bonds. The molecule has 3 aliphatic rings. The number of allylic oxidation sites excluding steroid dienone is 2. The fraction of sp³-hybridized carbons (Fsp3) is 0.214. The number of hydrogen-bond donors (Lipinski definition) is 1. The van der Waals surface area contributed by atoms with Gasteiger partial charge in [-0.2, -0.15) is 0 Å². The summed E-state index contributed by atoms with van der Waals surface area (Å²) in [6.45, 7) is 0. The molecule has 6 rings (SSSR count). The van der Waals surface area contributed by atoms with Crippen LogP contribution in [0.3, 0.4) is 0 Å². The van der Waals surface area contributed by atoms with Crippen LogP contribution in [0.5, 0.6) is 0 Å². The van der Waals surface area contributed by atoms with Gasteiger partial charge in [-0.1, -0.05) is 60.7 Å². The Labute approximate surface area is 193 Å². The van der Waals surface area contributed by atoms with Crippen LogP contribution in [0.25, 0.3) is 5.70 Å². The van der Waals surface area contributed by atoms with E-state index in [1.165, 1.54) is 17.5 Å². The van der Waals surface area contributed by atoms with E-state index in [2.05, 4.69) is 53.4 Å². The molecule has 2 aliphatic heterocycles. The molecule has 1 aromatic heterocycles. The minimum Gasteiger partial charge on any atom is -0.323 e. The Morgan fingerprint density at radius 3 is 2.36 bits per heavy atom. The van der Waals surface area contributed by atoms with E-state index >= 15 is 0 Å². The Balaban J connectivity index is 1.40. The van der Waals surface area contributed by atoms with Gasteiger partial charge in [0.1, 0.15) is 11.9 Å². The minimum absolute atomic E-state index is 0.0455. The first kappa shape index (κ1) is 19.9. The fourth-order valence-corrected chi connectivity index (χ4v) is 5.09. The quantitative estimate of drug-likeness (QED) is 0.644. The first-order valence-electron chi connectivity index (χ1n) is 11.5. The molecule has 3 aromatic rings. The van der Waals surface area contributed by atoms with E-state index in [4.69, 9.17) is 10.7 Å². The molecule has 0 radical (unpaired) electrons. The first-order valence-corrected chi connectivity index (χ1v) is 11.5. The number of aromatic nitrogens is 1. The maximum Gasteiger partial charge on any atom is 0.255 e. The van der Waals surface area contributed by atoms with E-state index in [1.807, 2.05) is 30.5 Å². The van der Waals surface area contributed by atoms with Crippen LogP contribution in [0.2, 0.25) is 0 Å². The molecule has 2 atom stereocenters. The summed E-state index contributed by atoms with van der Waals surface area (Å²) in [6.07, 6.45) is 11.1. The van der Waals surface area contributed by atoms with Crippen LogP contribution in [-0.4, -0.2) is 15.3 Å². The zero-order valence-corrected chi connectivity index (χ0v) is 18.3. The van der Waals surface area contributed by atoms with Gasteiger partial charge in [0.2, 0.25) is 0 Å². The van der Waals surface area contributed by atoms with Gasteiger partial charge >= 0.3 is 0 Å². The van der Waals surface area contributed by atoms with Crippen molar-refractivity contribution < 1.29 is 0 Å². The van der Waals surface area contributed by atoms with Crippen molar-refractivity contribution in [2.75, 3.05) is 0 Å². The molecule has 0 saturated heterocycles. The van der Waals surface area contributed by atoms with E-state index in [0.717, 1.165) is 29.9 Å². The SMILES string of the molecule is NC1(c2ccc(C3N=C4C=C(n5ccccc5=O)C=CN4C3c3ccccc3)cc2)CCC1. The van der Waals surface area contributed by atoms with E-state index in [9.17, 15) is 4.79 Å². The predicted octanol–water partition coefficient (Wildman–Crippen LogP) is 4.75. The number of hydrogen-bond acceptors (Lipinski definition) is 4. The number of benzene rings is 2. The molecule has 5 nitrogen and oxygen atoms in total. The number of nitrogens with zero attached hydrogens (tertiary/aromatic N) is 3. The highest BCUT2D eigenvalue weighted by atomic mass is 16.1. The summed E-state index contributed by atoms with van der Waals surface area (Å²) in [6, 6.07) is 24.4. The van der Waals surface area contributed by atoms with Crippen molar-refractivity contribution in [3.8, 4) is 0 Å². The molecule has 5 heteroatoms. The monoisotopic (exact) mass is 434 g/mol. The zero-order chi connectivity index (χ0) is 22.4. The Hall–Kier alpha value is -3.70. The summed E-state index contributed by atoms with van der Waals surface area (Å²) in [5.74, 6) is 0.862. The van der Waals surface area contributed by atoms with Crippen LogP contribution >= 0.6 is 0 Å². The lowest BCUT2D eigenvalue weighted by Gasteiger charge is -2.38. The molecule has 33 heavy (non-hydrogen) atoms. The highest BCUT2D eigenvalue weighted by Gasteiger charge is 2.38. The molecule has 2 N–H and O–H groups in total. The summed E-state index contributed by atoms with van der Waals surface area (Å²) in [5.41, 5.74) is 10.7. The average Bonchev–Trinajstić information content (AvgIpc) is 3.22. The molecule has 1 fully saturated rings. The largest absolute Gasteiger partial charge is 0.323 e. The maximum atomic E-state index is 12.3. The van der Waals surface area contributed by atoms with Gasteiger partial charge in [0.15, 0.2) is 0 Å². The van der Waals surface area contributed by atoms with E-state index in [1.54, 1.807) is 22.9 Å². The van der Waals surface area contributed by atoms with Crippen LogP contribution in [0.4, 0.5) is 0 Å². The van der Waals surface area contributed by atoms with Crippen molar-refractivity contribution in [3.05, 3.63) is 124 Å². The van der Waals surface area contributed by atoms with E-state index in [-0.39, 0.29) is 23.2 Å². The van der Waals surface area contributed by atoms with Gasteiger partial charge in [0.05, 0.1) is 11.7 Å². The maximum absolute atomic E-state index is 12.3. The molecule has 1 aliphatic carbocycles. The Morgan fingerprint density at radius 2 is 1.67 bits per heavy atom. The van der Waals surface area contributed by atoms with Gasteiger partial charge in [-0.15, -0.1) is 0 Å². The second-order valence-corrected chi connectivity index (χ2v) is 9.12. The Morgan fingerprint density at radius 1 is 0.909 bits per heavy atom. The van der Waals surface area contributed by atoms with Crippen LogP contribution in [-0.2, 0) is 5.54 Å². The topological polar surface area (TPSA) is 63.6 Å². The van der Waals surface area contributed by atoms with Gasteiger partial charge in [-0.25, -0.2) is 0 Å². The minimum atomic E-state index is -0.167. The molecule has 3 heterocycles. The smallest absolute Gasteiger partial charge is 0.255 e. The van der Waals surface area contributed by atoms with Gasteiger partial charge < -0.3 is 10.6 Å². The average molecular weight is 435 g/mol. The third-order valence-corrected chi connectivity index (χ3v) is 7.13. The van der Waals surface area contributed by atoms with Gasteiger partial charge in [-0.05, 0) is 48.1 Å². The van der Waals surface area contributed by atoms with Crippen molar-refractivity contribution in [2.45, 2.75) is 36.9 Å². The van der Waals surface area contributed by atoms with Gasteiger partial charge in [-0.3, -0.25) is 14.4 Å². The van der Waals surface area contributed by atoms with Crippen LogP contribution in [0.15, 0.2) is 107 Å². The molecule has 1 saturated carbocycles. The number of pyridine rings is 1. The number of rotatable bonds is 4. The van der Waals surface area contributed by atoms with Gasteiger partial charge in [0, 0.05) is 30.1 Å². The third kappa shape index (κ3) is 3.36. The molecule has 0 bridgehead atoms. The number of amidine groups is 1. The molecule has 2 aromatic carbocycles. The number of fused-ring (bicyclic) bond motifs is 1. The van der Waals surface area contributed by atoms with Gasteiger partial charge in [0.25, 0.3) is 5.56 Å². The van der Waals surface area contributed by atoms with Crippen LogP contribution < -0.4 is 11.3 Å². The lowest BCUT2D eigenvalue weighted by atomic mass is 9.72. The van der Waals surface area contributed by atoms with Crippen molar-refractivity contribution in [3.63, 3.8) is 0 Å². The lowest BCUT2D eigenvalue weighted by molar-refractivity contribution is 0.253. The van der Waals surface area contributed by atoms with Crippen LogP contribution in [0.1, 0.15) is 48.0 Å². The molecular formula is C28H26N4O. The fourth-order valence-electron chi connectivity index (χ4n) is 5.09. The highest BCUT2D eigenvalue weighted by molar-refractivity contribution is 6.02. The summed E-state index contributed by atoms with van der Waals surface area (Å²) in [5, 5.41) is 0. The highest BCUT2D eigenvalue weighted by Crippen LogP contribution is 2.45. The normalized spacial score (nSPS) is 22.9. The first-order chi connectivity index (χ1) is 16.1. The second-order valence-electron chi connectivity index (χ2n) is 9.12. The summed E-state index contributed by atoms with van der Waals surface area (Å²) in [4.78, 5) is 19.7. The third-order valence-electron chi connectivity index (χ3n) is 7.13. The van der Waals surface area contributed by atoms with Crippen molar-refractivity contribution in [1.82, 2.24) is 9.47 Å². The van der Waals surface area contributed by atoms with Crippen molar-refractivity contribution in [2.24, 2.45) is 10.7 Å². The zero-order valence-electron chi connectivity index (χ0n) is 18.3. The summed E-state index contributed by atoms with van der Waals surface area (Å²) < 4.78 is 1.65. The standard InChI is InChI=1S/C28H26N4O/c29-28(15-6-16-28)22-12-10-20(11-13-22)26-27(21-7-2-1-3-8-21)32-18-14-23(19-24(32)30-26)31-17-5-4-9-25(31)33/h1-5,7-14,17-19,26-27H,6,15-16,29H2. The Kier molecular flexibility index (Phi) is 4.66. The molecule has 2 unspecified atom stereocenters.